The molecule has 10 rings (SSSR count). The second-order valence-corrected chi connectivity index (χ2v) is 14.1. The Morgan fingerprint density at radius 1 is 0.412 bits per heavy atom. The molecule has 0 spiro atoms. The van der Waals surface area contributed by atoms with E-state index in [1.165, 1.54) is 38.8 Å². The van der Waals surface area contributed by atoms with Gasteiger partial charge in [-0.2, -0.15) is 0 Å². The molecule has 9 aromatic rings. The third-order valence-corrected chi connectivity index (χ3v) is 10.9. The molecule has 0 amide bonds. The smallest absolute Gasteiger partial charge is 0.143 e. The summed E-state index contributed by atoms with van der Waals surface area (Å²) in [5.74, 6) is 0. The third-order valence-electron chi connectivity index (χ3n) is 10.9. The fraction of sp³-hybridized carbons (Fsp3) is 0.0612. The normalized spacial score (nSPS) is 13.1. The number of hydrogen-bond acceptors (Lipinski definition) is 2. The topological polar surface area (TPSA) is 16.4 Å². The molecule has 8 aromatic carbocycles. The highest BCUT2D eigenvalue weighted by Crippen LogP contribution is 2.51. The monoisotopic (exact) mass is 653 g/mol. The van der Waals surface area contributed by atoms with Gasteiger partial charge in [-0.05, 0) is 75.2 Å². The van der Waals surface area contributed by atoms with Crippen molar-refractivity contribution in [1.82, 2.24) is 0 Å². The van der Waals surface area contributed by atoms with Crippen LogP contribution in [0.2, 0.25) is 0 Å². The van der Waals surface area contributed by atoms with Gasteiger partial charge in [-0.15, -0.1) is 0 Å². The van der Waals surface area contributed by atoms with Crippen LogP contribution in [0.1, 0.15) is 25.0 Å². The van der Waals surface area contributed by atoms with Crippen LogP contribution in [-0.4, -0.2) is 0 Å². The molecule has 2 heteroatoms. The maximum absolute atomic E-state index is 6.71. The Morgan fingerprint density at radius 2 is 1.04 bits per heavy atom. The lowest BCUT2D eigenvalue weighted by Gasteiger charge is -2.30. The molecule has 242 valence electrons. The van der Waals surface area contributed by atoms with Crippen LogP contribution in [0.15, 0.2) is 180 Å². The molecule has 1 aromatic heterocycles. The van der Waals surface area contributed by atoms with Crippen LogP contribution in [0.25, 0.3) is 66.1 Å². The average molecular weight is 654 g/mol. The molecule has 0 N–H and O–H groups in total. The summed E-state index contributed by atoms with van der Waals surface area (Å²) in [5.41, 5.74) is 15.1. The van der Waals surface area contributed by atoms with Crippen LogP contribution in [0, 0.1) is 0 Å². The van der Waals surface area contributed by atoms with Crippen LogP contribution < -0.4 is 4.90 Å². The first-order valence-corrected chi connectivity index (χ1v) is 17.7. The molecule has 0 saturated carbocycles. The van der Waals surface area contributed by atoms with Crippen molar-refractivity contribution in [2.24, 2.45) is 0 Å². The molecule has 0 radical (unpaired) electrons. The number of fused-ring (bicyclic) bond motifs is 8. The summed E-state index contributed by atoms with van der Waals surface area (Å²) >= 11 is 0. The molecular formula is C49H35NO. The summed E-state index contributed by atoms with van der Waals surface area (Å²) in [6.07, 6.45) is 0. The first kappa shape index (κ1) is 29.5. The van der Waals surface area contributed by atoms with Gasteiger partial charge in [0.05, 0.1) is 5.69 Å². The highest BCUT2D eigenvalue weighted by molar-refractivity contribution is 6.17. The predicted octanol–water partition coefficient (Wildman–Crippen LogP) is 13.8. The molecular weight excluding hydrogens is 619 g/mol. The van der Waals surface area contributed by atoms with E-state index in [9.17, 15) is 0 Å². The first-order chi connectivity index (χ1) is 25.1. The second kappa shape index (κ2) is 11.3. The minimum absolute atomic E-state index is 0.104. The second-order valence-electron chi connectivity index (χ2n) is 14.1. The van der Waals surface area contributed by atoms with Gasteiger partial charge in [0, 0.05) is 44.1 Å². The van der Waals surface area contributed by atoms with Crippen LogP contribution >= 0.6 is 0 Å². The van der Waals surface area contributed by atoms with Crippen molar-refractivity contribution in [3.05, 3.63) is 187 Å². The number of hydrogen-bond donors (Lipinski definition) is 0. The number of furan rings is 1. The van der Waals surface area contributed by atoms with Crippen molar-refractivity contribution in [2.45, 2.75) is 19.3 Å². The van der Waals surface area contributed by atoms with E-state index in [-0.39, 0.29) is 5.41 Å². The Hall–Kier alpha value is -6.38. The summed E-state index contributed by atoms with van der Waals surface area (Å²) in [5, 5.41) is 4.61. The average Bonchev–Trinajstić information content (AvgIpc) is 3.68. The molecule has 0 atom stereocenters. The highest BCUT2D eigenvalue weighted by Gasteiger charge is 2.35. The molecule has 0 bridgehead atoms. The van der Waals surface area contributed by atoms with E-state index < -0.39 is 0 Å². The van der Waals surface area contributed by atoms with Gasteiger partial charge >= 0.3 is 0 Å². The maximum atomic E-state index is 6.71. The minimum atomic E-state index is -0.104. The molecule has 0 aliphatic heterocycles. The Labute approximate surface area is 297 Å². The summed E-state index contributed by atoms with van der Waals surface area (Å²) in [6, 6.07) is 63.6. The Kier molecular flexibility index (Phi) is 6.56. The summed E-state index contributed by atoms with van der Waals surface area (Å²) in [6.45, 7) is 4.69. The zero-order chi connectivity index (χ0) is 34.1. The van der Waals surface area contributed by atoms with E-state index in [1.54, 1.807) is 0 Å². The molecule has 51 heavy (non-hydrogen) atoms. The van der Waals surface area contributed by atoms with E-state index in [1.807, 2.05) is 0 Å². The molecule has 2 nitrogen and oxygen atoms in total. The van der Waals surface area contributed by atoms with Crippen LogP contribution in [0.3, 0.4) is 0 Å². The van der Waals surface area contributed by atoms with Gasteiger partial charge in [-0.25, -0.2) is 0 Å². The first-order valence-electron chi connectivity index (χ1n) is 17.7. The van der Waals surface area contributed by atoms with E-state index in [2.05, 4.69) is 195 Å². The summed E-state index contributed by atoms with van der Waals surface area (Å²) in [7, 11) is 0. The highest BCUT2D eigenvalue weighted by atomic mass is 16.3. The SMILES string of the molecule is CC1(C)c2ccccc2-c2ccc(N(c3ccc(-c4cccc5c4oc4c6ccccc6ccc54)cc3)c3ccccc3-c3ccccc3)cc21. The largest absolute Gasteiger partial charge is 0.455 e. The minimum Gasteiger partial charge on any atom is -0.455 e. The summed E-state index contributed by atoms with van der Waals surface area (Å²) < 4.78 is 6.71. The Morgan fingerprint density at radius 3 is 1.90 bits per heavy atom. The molecule has 1 aliphatic rings. The van der Waals surface area contributed by atoms with Crippen molar-refractivity contribution < 1.29 is 4.42 Å². The van der Waals surface area contributed by atoms with E-state index in [0.717, 1.165) is 55.5 Å². The van der Waals surface area contributed by atoms with Crippen molar-refractivity contribution in [2.75, 3.05) is 4.90 Å². The van der Waals surface area contributed by atoms with E-state index >= 15 is 0 Å². The van der Waals surface area contributed by atoms with Gasteiger partial charge in [0.25, 0.3) is 0 Å². The molecule has 0 unspecified atom stereocenters. The number of benzene rings is 8. The lowest BCUT2D eigenvalue weighted by Crippen LogP contribution is -2.16. The third kappa shape index (κ3) is 4.57. The lowest BCUT2D eigenvalue weighted by molar-refractivity contribution is 0.660. The van der Waals surface area contributed by atoms with Crippen molar-refractivity contribution in [3.8, 4) is 33.4 Å². The van der Waals surface area contributed by atoms with Crippen LogP contribution in [-0.2, 0) is 5.41 Å². The van der Waals surface area contributed by atoms with Crippen molar-refractivity contribution in [3.63, 3.8) is 0 Å². The zero-order valence-corrected chi connectivity index (χ0v) is 28.6. The lowest BCUT2D eigenvalue weighted by atomic mass is 9.82. The number of rotatable bonds is 5. The molecule has 0 saturated heterocycles. The zero-order valence-electron chi connectivity index (χ0n) is 28.6. The van der Waals surface area contributed by atoms with Gasteiger partial charge in [0.1, 0.15) is 11.2 Å². The molecule has 0 fully saturated rings. The van der Waals surface area contributed by atoms with Gasteiger partial charge in [0.2, 0.25) is 0 Å². The molecule has 1 heterocycles. The number of nitrogens with zero attached hydrogens (tertiary/aromatic N) is 1. The van der Waals surface area contributed by atoms with Crippen LogP contribution in [0.5, 0.6) is 0 Å². The van der Waals surface area contributed by atoms with E-state index in [0.29, 0.717) is 0 Å². The quantitative estimate of drug-likeness (QED) is 0.184. The maximum Gasteiger partial charge on any atom is 0.143 e. The predicted molar refractivity (Wildman–Crippen MR) is 214 cm³/mol. The van der Waals surface area contributed by atoms with Gasteiger partial charge in [-0.3, -0.25) is 0 Å². The fourth-order valence-corrected chi connectivity index (χ4v) is 8.33. The van der Waals surface area contributed by atoms with Crippen molar-refractivity contribution in [1.29, 1.82) is 0 Å². The van der Waals surface area contributed by atoms with Crippen molar-refractivity contribution >= 4 is 49.8 Å². The van der Waals surface area contributed by atoms with Crippen LogP contribution in [0.4, 0.5) is 17.1 Å². The number of para-hydroxylation sites is 2. The van der Waals surface area contributed by atoms with Gasteiger partial charge < -0.3 is 9.32 Å². The Bertz CT molecular complexity index is 2770. The van der Waals surface area contributed by atoms with E-state index in [4.69, 9.17) is 4.42 Å². The summed E-state index contributed by atoms with van der Waals surface area (Å²) in [4.78, 5) is 2.42. The van der Waals surface area contributed by atoms with Gasteiger partial charge in [0.15, 0.2) is 0 Å². The standard InChI is InChI=1S/C49H35NO/c1-49(2)44-21-10-8-18-40(44)41-30-28-36(31-45(41)49)50(46-22-11-9-16-37(46)32-13-4-3-5-14-32)35-26-23-34(24-27-35)39-19-12-20-42-43-29-25-33-15-6-7-17-38(33)48(43)51-47(39)42/h3-31H,1-2H3. The fourth-order valence-electron chi connectivity index (χ4n) is 8.33. The number of anilines is 3. The van der Waals surface area contributed by atoms with Gasteiger partial charge in [-0.1, -0.05) is 153 Å². The Balaban J connectivity index is 1.13. The molecule has 1 aliphatic carbocycles.